The van der Waals surface area contributed by atoms with Crippen molar-refractivity contribution in [2.45, 2.75) is 44.1 Å². The average Bonchev–Trinajstić information content (AvgIpc) is 2.87. The Kier molecular flexibility index (Phi) is 3.78. The Balaban J connectivity index is 1.73. The largest absolute Gasteiger partial charge is 0.392 e. The molecule has 0 spiro atoms. The first kappa shape index (κ1) is 13.2. The third kappa shape index (κ3) is 2.88. The monoisotopic (exact) mass is 276 g/mol. The van der Waals surface area contributed by atoms with Crippen LogP contribution in [0.1, 0.15) is 48.9 Å². The van der Waals surface area contributed by atoms with Gasteiger partial charge in [0.05, 0.1) is 12.0 Å². The third-order valence-electron chi connectivity index (χ3n) is 3.78. The minimum atomic E-state index is -0.397. The summed E-state index contributed by atoms with van der Waals surface area (Å²) in [5.41, 5.74) is 0.807. The molecule has 5 heteroatoms. The minimum Gasteiger partial charge on any atom is -0.392 e. The molecule has 1 heterocycles. The van der Waals surface area contributed by atoms with Crippen LogP contribution in [0.2, 0.25) is 0 Å². The van der Waals surface area contributed by atoms with Gasteiger partial charge in [0.25, 0.3) is 0 Å². The zero-order valence-electron chi connectivity index (χ0n) is 11.1. The van der Waals surface area contributed by atoms with Gasteiger partial charge in [-0.1, -0.05) is 30.1 Å². The summed E-state index contributed by atoms with van der Waals surface area (Å²) in [6.07, 6.45) is 3.82. The zero-order valence-corrected chi connectivity index (χ0v) is 11.1. The van der Waals surface area contributed by atoms with Crippen LogP contribution in [-0.2, 0) is 6.42 Å². The molecule has 0 aliphatic heterocycles. The van der Waals surface area contributed by atoms with Crippen LogP contribution in [-0.4, -0.2) is 21.4 Å². The summed E-state index contributed by atoms with van der Waals surface area (Å²) in [7, 11) is 0. The fourth-order valence-corrected chi connectivity index (χ4v) is 2.72. The van der Waals surface area contributed by atoms with E-state index in [1.807, 2.05) is 6.07 Å². The van der Waals surface area contributed by atoms with Gasteiger partial charge < -0.3 is 9.63 Å². The van der Waals surface area contributed by atoms with E-state index in [1.54, 1.807) is 6.07 Å². The highest BCUT2D eigenvalue weighted by molar-refractivity contribution is 5.19. The summed E-state index contributed by atoms with van der Waals surface area (Å²) in [6, 6.07) is 6.36. The van der Waals surface area contributed by atoms with Crippen LogP contribution in [0.25, 0.3) is 0 Å². The highest BCUT2D eigenvalue weighted by Gasteiger charge is 2.29. The first-order valence-electron chi connectivity index (χ1n) is 6.97. The van der Waals surface area contributed by atoms with E-state index in [0.29, 0.717) is 18.1 Å². The predicted octanol–water partition coefficient (Wildman–Crippen LogP) is 2.82. The maximum absolute atomic E-state index is 13.1. The number of nitrogens with zero attached hydrogens (tertiary/aromatic N) is 2. The Morgan fingerprint density at radius 2 is 2.15 bits per heavy atom. The molecule has 4 nitrogen and oxygen atoms in total. The Morgan fingerprint density at radius 1 is 1.30 bits per heavy atom. The van der Waals surface area contributed by atoms with E-state index < -0.39 is 6.10 Å². The SMILES string of the molecule is OC1CCCCC1c1nc(Cc2cccc(F)c2)no1. The molecule has 3 rings (SSSR count). The maximum Gasteiger partial charge on any atom is 0.232 e. The average molecular weight is 276 g/mol. The second-order valence-corrected chi connectivity index (χ2v) is 5.31. The highest BCUT2D eigenvalue weighted by Crippen LogP contribution is 2.32. The van der Waals surface area contributed by atoms with Crippen molar-refractivity contribution >= 4 is 0 Å². The normalized spacial score (nSPS) is 22.9. The van der Waals surface area contributed by atoms with Gasteiger partial charge in [0, 0.05) is 6.42 Å². The molecule has 0 radical (unpaired) electrons. The van der Waals surface area contributed by atoms with Crippen LogP contribution in [0.3, 0.4) is 0 Å². The lowest BCUT2D eigenvalue weighted by Crippen LogP contribution is -2.22. The third-order valence-corrected chi connectivity index (χ3v) is 3.78. The number of hydrogen-bond donors (Lipinski definition) is 1. The van der Waals surface area contributed by atoms with Crippen LogP contribution in [0, 0.1) is 5.82 Å². The maximum atomic E-state index is 13.1. The molecule has 0 bridgehead atoms. The number of halogens is 1. The van der Waals surface area contributed by atoms with Gasteiger partial charge in [0.15, 0.2) is 5.82 Å². The molecule has 2 aromatic rings. The Hall–Kier alpha value is -1.75. The van der Waals surface area contributed by atoms with Gasteiger partial charge in [-0.05, 0) is 30.5 Å². The number of aliphatic hydroxyl groups is 1. The van der Waals surface area contributed by atoms with Crippen LogP contribution in [0.15, 0.2) is 28.8 Å². The van der Waals surface area contributed by atoms with Crippen LogP contribution in [0.4, 0.5) is 4.39 Å². The molecular formula is C15H17FN2O2. The van der Waals surface area contributed by atoms with Crippen molar-refractivity contribution < 1.29 is 14.0 Å². The summed E-state index contributed by atoms with van der Waals surface area (Å²) in [6.45, 7) is 0. The van der Waals surface area contributed by atoms with Gasteiger partial charge in [0.2, 0.25) is 5.89 Å². The lowest BCUT2D eigenvalue weighted by atomic mass is 9.86. The molecule has 0 saturated heterocycles. The van der Waals surface area contributed by atoms with Crippen LogP contribution < -0.4 is 0 Å². The summed E-state index contributed by atoms with van der Waals surface area (Å²) in [5, 5.41) is 13.9. The standard InChI is InChI=1S/C15H17FN2O2/c16-11-5-3-4-10(8-11)9-14-17-15(20-18-14)12-6-1-2-7-13(12)19/h3-5,8,12-13,19H,1-2,6-7,9H2. The molecule has 1 aliphatic carbocycles. The fraction of sp³-hybridized carbons (Fsp3) is 0.467. The van der Waals surface area contributed by atoms with Crippen LogP contribution in [0.5, 0.6) is 0 Å². The molecule has 20 heavy (non-hydrogen) atoms. The number of rotatable bonds is 3. The van der Waals surface area contributed by atoms with Crippen molar-refractivity contribution in [3.05, 3.63) is 47.4 Å². The van der Waals surface area contributed by atoms with Crippen molar-refractivity contribution in [2.75, 3.05) is 0 Å². The second-order valence-electron chi connectivity index (χ2n) is 5.31. The summed E-state index contributed by atoms with van der Waals surface area (Å²) < 4.78 is 18.4. The molecule has 2 unspecified atom stereocenters. The van der Waals surface area contributed by atoms with E-state index in [4.69, 9.17) is 4.52 Å². The Labute approximate surface area is 116 Å². The van der Waals surface area contributed by atoms with E-state index in [0.717, 1.165) is 31.2 Å². The molecule has 1 fully saturated rings. The molecule has 1 saturated carbocycles. The minimum absolute atomic E-state index is 0.0579. The topological polar surface area (TPSA) is 59.2 Å². The van der Waals surface area contributed by atoms with E-state index >= 15 is 0 Å². The van der Waals surface area contributed by atoms with Crippen molar-refractivity contribution in [1.29, 1.82) is 0 Å². The summed E-state index contributed by atoms with van der Waals surface area (Å²) in [5.74, 6) is 0.707. The molecule has 0 amide bonds. The van der Waals surface area contributed by atoms with E-state index in [9.17, 15) is 9.50 Å². The molecule has 1 N–H and O–H groups in total. The van der Waals surface area contributed by atoms with Gasteiger partial charge in [-0.2, -0.15) is 4.98 Å². The number of benzene rings is 1. The zero-order chi connectivity index (χ0) is 13.9. The first-order chi connectivity index (χ1) is 9.72. The Bertz CT molecular complexity index is 585. The molecule has 1 aromatic carbocycles. The molecular weight excluding hydrogens is 259 g/mol. The van der Waals surface area contributed by atoms with Crippen molar-refractivity contribution in [1.82, 2.24) is 10.1 Å². The fourth-order valence-electron chi connectivity index (χ4n) is 2.72. The lowest BCUT2D eigenvalue weighted by molar-refractivity contribution is 0.0908. The molecule has 106 valence electrons. The summed E-state index contributed by atoms with van der Waals surface area (Å²) >= 11 is 0. The first-order valence-corrected chi connectivity index (χ1v) is 6.97. The molecule has 1 aromatic heterocycles. The van der Waals surface area contributed by atoms with Crippen molar-refractivity contribution in [3.63, 3.8) is 0 Å². The van der Waals surface area contributed by atoms with Gasteiger partial charge in [-0.25, -0.2) is 4.39 Å². The molecule has 1 aliphatic rings. The predicted molar refractivity (Wildman–Crippen MR) is 70.7 cm³/mol. The van der Waals surface area contributed by atoms with Crippen molar-refractivity contribution in [3.8, 4) is 0 Å². The second kappa shape index (κ2) is 5.71. The highest BCUT2D eigenvalue weighted by atomic mass is 19.1. The number of aromatic nitrogens is 2. The van der Waals surface area contributed by atoms with E-state index in [-0.39, 0.29) is 11.7 Å². The van der Waals surface area contributed by atoms with Crippen molar-refractivity contribution in [2.24, 2.45) is 0 Å². The molecule has 2 atom stereocenters. The smallest absolute Gasteiger partial charge is 0.232 e. The number of hydrogen-bond acceptors (Lipinski definition) is 4. The number of aliphatic hydroxyl groups excluding tert-OH is 1. The van der Waals surface area contributed by atoms with Crippen LogP contribution >= 0.6 is 0 Å². The van der Waals surface area contributed by atoms with E-state index in [2.05, 4.69) is 10.1 Å². The van der Waals surface area contributed by atoms with Gasteiger partial charge in [-0.3, -0.25) is 0 Å². The Morgan fingerprint density at radius 3 is 2.95 bits per heavy atom. The summed E-state index contributed by atoms with van der Waals surface area (Å²) in [4.78, 5) is 4.35. The lowest BCUT2D eigenvalue weighted by Gasteiger charge is -2.24. The van der Waals surface area contributed by atoms with Gasteiger partial charge >= 0.3 is 0 Å². The van der Waals surface area contributed by atoms with E-state index in [1.165, 1.54) is 12.1 Å². The van der Waals surface area contributed by atoms with Gasteiger partial charge in [0.1, 0.15) is 5.82 Å². The van der Waals surface area contributed by atoms with Gasteiger partial charge in [-0.15, -0.1) is 0 Å². The quantitative estimate of drug-likeness (QED) is 0.936.